The topological polar surface area (TPSA) is 47.3 Å². The molecule has 0 aromatic heterocycles. The SMILES string of the molecule is NC(=S)c1c(Cl)cccc1NCCOCC1CC1. The largest absolute Gasteiger partial charge is 0.389 e. The van der Waals surface area contributed by atoms with Crippen LogP contribution in [0.2, 0.25) is 5.02 Å². The Labute approximate surface area is 118 Å². The van der Waals surface area contributed by atoms with Crippen molar-refractivity contribution in [3.05, 3.63) is 28.8 Å². The lowest BCUT2D eigenvalue weighted by Gasteiger charge is -2.12. The highest BCUT2D eigenvalue weighted by molar-refractivity contribution is 7.80. The van der Waals surface area contributed by atoms with E-state index >= 15 is 0 Å². The molecule has 0 atom stereocenters. The standard InChI is InChI=1S/C13H17ClN2OS/c14-10-2-1-3-11(12(10)13(15)18)16-6-7-17-8-9-4-5-9/h1-3,9,16H,4-8H2,(H2,15,18). The monoisotopic (exact) mass is 284 g/mol. The van der Waals surface area contributed by atoms with Gasteiger partial charge in [0, 0.05) is 18.8 Å². The van der Waals surface area contributed by atoms with Crippen LogP contribution in [-0.4, -0.2) is 24.7 Å². The molecule has 1 aliphatic carbocycles. The second-order valence-corrected chi connectivity index (χ2v) is 5.32. The molecule has 0 aliphatic heterocycles. The van der Waals surface area contributed by atoms with Gasteiger partial charge in [-0.25, -0.2) is 0 Å². The van der Waals surface area contributed by atoms with E-state index in [9.17, 15) is 0 Å². The highest BCUT2D eigenvalue weighted by atomic mass is 35.5. The Morgan fingerprint density at radius 1 is 1.50 bits per heavy atom. The molecule has 1 fully saturated rings. The molecule has 2 rings (SSSR count). The van der Waals surface area contributed by atoms with E-state index in [1.54, 1.807) is 6.07 Å². The second kappa shape index (κ2) is 6.36. The molecule has 1 aromatic rings. The predicted octanol–water partition coefficient (Wildman–Crippen LogP) is 2.81. The van der Waals surface area contributed by atoms with Gasteiger partial charge in [-0.2, -0.15) is 0 Å². The molecule has 0 spiro atoms. The predicted molar refractivity (Wildman–Crippen MR) is 79.4 cm³/mol. The highest BCUT2D eigenvalue weighted by Gasteiger charge is 2.20. The Morgan fingerprint density at radius 2 is 2.28 bits per heavy atom. The molecule has 0 heterocycles. The Bertz CT molecular complexity index is 435. The number of halogens is 1. The molecule has 1 aliphatic rings. The first-order valence-corrected chi connectivity index (χ1v) is 6.87. The Kier molecular flexibility index (Phi) is 4.80. The quantitative estimate of drug-likeness (QED) is 0.597. The van der Waals surface area contributed by atoms with Crippen LogP contribution >= 0.6 is 23.8 Å². The van der Waals surface area contributed by atoms with Crippen LogP contribution in [-0.2, 0) is 4.74 Å². The summed E-state index contributed by atoms with van der Waals surface area (Å²) in [5.41, 5.74) is 7.24. The maximum Gasteiger partial charge on any atom is 0.107 e. The third-order valence-corrected chi connectivity index (χ3v) is 3.39. The second-order valence-electron chi connectivity index (χ2n) is 4.47. The number of nitrogens with two attached hydrogens (primary N) is 1. The van der Waals surface area contributed by atoms with E-state index in [0.717, 1.165) is 24.8 Å². The van der Waals surface area contributed by atoms with Gasteiger partial charge in [-0.1, -0.05) is 29.9 Å². The van der Waals surface area contributed by atoms with E-state index in [-0.39, 0.29) is 0 Å². The van der Waals surface area contributed by atoms with E-state index in [1.165, 1.54) is 12.8 Å². The van der Waals surface area contributed by atoms with Gasteiger partial charge in [0.05, 0.1) is 17.2 Å². The average Bonchev–Trinajstić information content (AvgIpc) is 3.12. The lowest BCUT2D eigenvalue weighted by Crippen LogP contribution is -2.16. The van der Waals surface area contributed by atoms with E-state index in [2.05, 4.69) is 5.32 Å². The highest BCUT2D eigenvalue weighted by Crippen LogP contribution is 2.28. The molecule has 3 nitrogen and oxygen atoms in total. The van der Waals surface area contributed by atoms with Gasteiger partial charge in [0.15, 0.2) is 0 Å². The minimum Gasteiger partial charge on any atom is -0.389 e. The van der Waals surface area contributed by atoms with Crippen LogP contribution in [0, 0.1) is 5.92 Å². The zero-order chi connectivity index (χ0) is 13.0. The zero-order valence-corrected chi connectivity index (χ0v) is 11.7. The van der Waals surface area contributed by atoms with Gasteiger partial charge in [0.1, 0.15) is 4.99 Å². The fourth-order valence-electron chi connectivity index (χ4n) is 1.71. The molecular formula is C13H17ClN2OS. The lowest BCUT2D eigenvalue weighted by atomic mass is 10.1. The van der Waals surface area contributed by atoms with Gasteiger partial charge in [0.25, 0.3) is 0 Å². The molecule has 1 saturated carbocycles. The van der Waals surface area contributed by atoms with E-state index < -0.39 is 0 Å². The number of hydrogen-bond acceptors (Lipinski definition) is 3. The third-order valence-electron chi connectivity index (χ3n) is 2.87. The number of hydrogen-bond donors (Lipinski definition) is 2. The van der Waals surface area contributed by atoms with E-state index in [0.29, 0.717) is 22.2 Å². The van der Waals surface area contributed by atoms with Crippen molar-refractivity contribution in [3.63, 3.8) is 0 Å². The van der Waals surface area contributed by atoms with Crippen molar-refractivity contribution < 1.29 is 4.74 Å². The average molecular weight is 285 g/mol. The van der Waals surface area contributed by atoms with Gasteiger partial charge in [-0.3, -0.25) is 0 Å². The summed E-state index contributed by atoms with van der Waals surface area (Å²) in [5.74, 6) is 0.795. The lowest BCUT2D eigenvalue weighted by molar-refractivity contribution is 0.134. The molecule has 0 bridgehead atoms. The number of thiocarbonyl (C=S) groups is 1. The molecule has 0 unspecified atom stereocenters. The normalized spacial score (nSPS) is 14.5. The molecule has 18 heavy (non-hydrogen) atoms. The van der Waals surface area contributed by atoms with Crippen LogP contribution in [0.25, 0.3) is 0 Å². The van der Waals surface area contributed by atoms with E-state index in [1.807, 2.05) is 12.1 Å². The minimum absolute atomic E-state index is 0.307. The van der Waals surface area contributed by atoms with Crippen LogP contribution in [0.4, 0.5) is 5.69 Å². The van der Waals surface area contributed by atoms with Gasteiger partial charge < -0.3 is 15.8 Å². The molecule has 1 aromatic carbocycles. The smallest absolute Gasteiger partial charge is 0.107 e. The summed E-state index contributed by atoms with van der Waals surface area (Å²) in [6.07, 6.45) is 2.63. The number of benzene rings is 1. The summed E-state index contributed by atoms with van der Waals surface area (Å²) in [7, 11) is 0. The van der Waals surface area contributed by atoms with Crippen LogP contribution in [0.5, 0.6) is 0 Å². The third kappa shape index (κ3) is 3.83. The molecule has 3 N–H and O–H groups in total. The van der Waals surface area contributed by atoms with Gasteiger partial charge in [0.2, 0.25) is 0 Å². The zero-order valence-electron chi connectivity index (χ0n) is 10.1. The van der Waals surface area contributed by atoms with Crippen LogP contribution < -0.4 is 11.1 Å². The van der Waals surface area contributed by atoms with Crippen molar-refractivity contribution in [1.82, 2.24) is 0 Å². The maximum absolute atomic E-state index is 6.08. The number of nitrogens with one attached hydrogen (secondary N) is 1. The molecule has 0 saturated heterocycles. The van der Waals surface area contributed by atoms with Crippen LogP contribution in [0.15, 0.2) is 18.2 Å². The molecule has 98 valence electrons. The fraction of sp³-hybridized carbons (Fsp3) is 0.462. The van der Waals surface area contributed by atoms with Crippen molar-refractivity contribution >= 4 is 34.5 Å². The fourth-order valence-corrected chi connectivity index (χ4v) is 2.27. The number of ether oxygens (including phenoxy) is 1. The Balaban J connectivity index is 1.83. The van der Waals surface area contributed by atoms with Gasteiger partial charge >= 0.3 is 0 Å². The van der Waals surface area contributed by atoms with Gasteiger partial charge in [-0.15, -0.1) is 0 Å². The summed E-state index contributed by atoms with van der Waals surface area (Å²) in [4.78, 5) is 0.307. The first kappa shape index (κ1) is 13.6. The molecule has 0 radical (unpaired) electrons. The Morgan fingerprint density at radius 3 is 2.94 bits per heavy atom. The summed E-state index contributed by atoms with van der Waals surface area (Å²) >= 11 is 11.1. The summed E-state index contributed by atoms with van der Waals surface area (Å²) in [5, 5.41) is 3.83. The van der Waals surface area contributed by atoms with Crippen molar-refractivity contribution in [2.45, 2.75) is 12.8 Å². The molecule has 0 amide bonds. The van der Waals surface area contributed by atoms with Crippen molar-refractivity contribution in [3.8, 4) is 0 Å². The van der Waals surface area contributed by atoms with Gasteiger partial charge in [-0.05, 0) is 30.9 Å². The summed E-state index contributed by atoms with van der Waals surface area (Å²) in [6.45, 7) is 2.28. The first-order valence-electron chi connectivity index (χ1n) is 6.08. The Hall–Kier alpha value is -0.840. The number of rotatable bonds is 7. The van der Waals surface area contributed by atoms with E-state index in [4.69, 9.17) is 34.3 Å². The molecule has 5 heteroatoms. The summed E-state index contributed by atoms with van der Waals surface area (Å²) < 4.78 is 5.55. The number of anilines is 1. The summed E-state index contributed by atoms with van der Waals surface area (Å²) in [6, 6.07) is 5.57. The van der Waals surface area contributed by atoms with Crippen LogP contribution in [0.1, 0.15) is 18.4 Å². The maximum atomic E-state index is 6.08. The van der Waals surface area contributed by atoms with Crippen LogP contribution in [0.3, 0.4) is 0 Å². The minimum atomic E-state index is 0.307. The van der Waals surface area contributed by atoms with Crippen molar-refractivity contribution in [2.75, 3.05) is 25.1 Å². The molecular weight excluding hydrogens is 268 g/mol. The first-order chi connectivity index (χ1) is 8.68. The van der Waals surface area contributed by atoms with Crippen molar-refractivity contribution in [2.24, 2.45) is 11.7 Å². The van der Waals surface area contributed by atoms with Crippen molar-refractivity contribution in [1.29, 1.82) is 0 Å².